The molecular weight excluding hydrogens is 478 g/mol. The zero-order valence-electron chi connectivity index (χ0n) is 20.4. The Hall–Kier alpha value is -1.32. The number of benzene rings is 1. The van der Waals surface area contributed by atoms with E-state index in [2.05, 4.69) is 0 Å². The van der Waals surface area contributed by atoms with Crippen molar-refractivity contribution in [1.29, 1.82) is 0 Å². The number of amides is 1. The van der Waals surface area contributed by atoms with Gasteiger partial charge >= 0.3 is 6.09 Å². The largest absolute Gasteiger partial charge is 0.473 e. The Labute approximate surface area is 206 Å². The summed E-state index contributed by atoms with van der Waals surface area (Å²) in [6, 6.07) is 6.04. The third-order valence-electron chi connectivity index (χ3n) is 7.09. The molecule has 9 heteroatoms. The van der Waals surface area contributed by atoms with Crippen LogP contribution in [0, 0.1) is 24.2 Å². The Balaban J connectivity index is 1.87. The number of ether oxygens (including phenoxy) is 2. The molecule has 1 unspecified atom stereocenters. The lowest BCUT2D eigenvalue weighted by atomic mass is 9.76. The van der Waals surface area contributed by atoms with E-state index in [4.69, 9.17) is 21.7 Å². The van der Waals surface area contributed by atoms with Gasteiger partial charge in [-0.3, -0.25) is 4.90 Å². The number of hydrogen-bond acceptors (Lipinski definition) is 7. The molecule has 4 fully saturated rings. The second kappa shape index (κ2) is 7.59. The van der Waals surface area contributed by atoms with Crippen molar-refractivity contribution in [2.24, 2.45) is 17.3 Å². The third kappa shape index (κ3) is 3.52. The van der Waals surface area contributed by atoms with Gasteiger partial charge in [-0.05, 0) is 63.7 Å². The molecule has 2 saturated carbocycles. The number of carbonyl (C=O) groups is 1. The van der Waals surface area contributed by atoms with Crippen LogP contribution in [0.5, 0.6) is 0 Å². The highest BCUT2D eigenvalue weighted by atomic mass is 32.2. The average molecular weight is 512 g/mol. The molecular formula is C24H33NO5S3. The molecule has 1 aromatic rings. The molecule has 2 aliphatic heterocycles. The van der Waals surface area contributed by atoms with E-state index in [9.17, 15) is 13.2 Å². The predicted octanol–water partition coefficient (Wildman–Crippen LogP) is 4.83. The van der Waals surface area contributed by atoms with Crippen molar-refractivity contribution in [2.45, 2.75) is 81.9 Å². The van der Waals surface area contributed by atoms with Gasteiger partial charge in [0.15, 0.2) is 9.84 Å². The van der Waals surface area contributed by atoms with E-state index in [-0.39, 0.29) is 16.7 Å². The van der Waals surface area contributed by atoms with E-state index in [1.54, 1.807) is 17.0 Å². The molecule has 2 heterocycles. The molecule has 6 nitrogen and oxygen atoms in total. The number of sulfone groups is 1. The van der Waals surface area contributed by atoms with E-state index < -0.39 is 49.9 Å². The van der Waals surface area contributed by atoms with E-state index >= 15 is 0 Å². The van der Waals surface area contributed by atoms with Crippen LogP contribution in [0.1, 0.15) is 47.1 Å². The maximum Gasteiger partial charge on any atom is 0.410 e. The quantitative estimate of drug-likeness (QED) is 0.538. The second-order valence-electron chi connectivity index (χ2n) is 11.4. The van der Waals surface area contributed by atoms with Crippen LogP contribution < -0.4 is 0 Å². The van der Waals surface area contributed by atoms with Crippen LogP contribution in [0.2, 0.25) is 0 Å². The lowest BCUT2D eigenvalue weighted by molar-refractivity contribution is 0.0104. The summed E-state index contributed by atoms with van der Waals surface area (Å²) in [4.78, 5) is 15.3. The van der Waals surface area contributed by atoms with Crippen molar-refractivity contribution in [3.63, 3.8) is 0 Å². The van der Waals surface area contributed by atoms with Crippen LogP contribution in [0.3, 0.4) is 0 Å². The summed E-state index contributed by atoms with van der Waals surface area (Å²) in [6.45, 7) is 13.5. The summed E-state index contributed by atoms with van der Waals surface area (Å²) < 4.78 is 39.7. The van der Waals surface area contributed by atoms with Crippen LogP contribution in [0.4, 0.5) is 4.79 Å². The van der Waals surface area contributed by atoms with Crippen LogP contribution in [0.15, 0.2) is 29.2 Å². The maximum atomic E-state index is 14.3. The maximum absolute atomic E-state index is 14.3. The van der Waals surface area contributed by atoms with Crippen molar-refractivity contribution in [1.82, 2.24) is 4.90 Å². The molecule has 5 rings (SSSR count). The smallest absolute Gasteiger partial charge is 0.410 e. The molecule has 1 amide bonds. The Morgan fingerprint density at radius 1 is 1.12 bits per heavy atom. The number of piperidine rings is 2. The van der Waals surface area contributed by atoms with Gasteiger partial charge in [-0.1, -0.05) is 50.2 Å². The zero-order chi connectivity index (χ0) is 24.7. The minimum Gasteiger partial charge on any atom is -0.473 e. The number of thiocarbonyl (C=S) groups is 1. The van der Waals surface area contributed by atoms with Crippen LogP contribution in [-0.2, 0) is 19.3 Å². The molecule has 0 spiro atoms. The topological polar surface area (TPSA) is 72.9 Å². The first kappa shape index (κ1) is 24.8. The first-order valence-electron chi connectivity index (χ1n) is 11.2. The number of hydrogen-bond donors (Lipinski definition) is 0. The number of thioether (sulfide) groups is 1. The van der Waals surface area contributed by atoms with Crippen molar-refractivity contribution in [3.8, 4) is 0 Å². The molecule has 0 radical (unpaired) electrons. The van der Waals surface area contributed by atoms with Gasteiger partial charge in [-0.15, -0.1) is 0 Å². The lowest BCUT2D eigenvalue weighted by Gasteiger charge is -2.36. The number of aryl methyl sites for hydroxylation is 1. The summed E-state index contributed by atoms with van der Waals surface area (Å²) in [7, 11) is -3.79. The minimum atomic E-state index is -3.79. The van der Waals surface area contributed by atoms with E-state index in [0.29, 0.717) is 4.38 Å². The van der Waals surface area contributed by atoms with Crippen LogP contribution in [0.25, 0.3) is 0 Å². The highest BCUT2D eigenvalue weighted by Crippen LogP contribution is 2.77. The van der Waals surface area contributed by atoms with Crippen molar-refractivity contribution in [2.75, 3.05) is 6.26 Å². The zero-order valence-corrected chi connectivity index (χ0v) is 22.9. The Bertz CT molecular complexity index is 1090. The molecule has 6 atom stereocenters. The average Bonchev–Trinajstić information content (AvgIpc) is 2.94. The minimum absolute atomic E-state index is 0.285. The first-order valence-corrected chi connectivity index (χ1v) is 14.3. The SMILES string of the molecule is CSC(=S)O[C@@H]1C2[C@@H]3N(C(=O)OC(C)(C)C)[C@H]1[C@@H](C(C)(C)C)[C@@]23S(=O)(=O)c1ccc(C)cc1. The van der Waals surface area contributed by atoms with Crippen molar-refractivity contribution in [3.05, 3.63) is 29.8 Å². The monoisotopic (exact) mass is 511 g/mol. The molecule has 33 heavy (non-hydrogen) atoms. The van der Waals surface area contributed by atoms with Gasteiger partial charge in [0, 0.05) is 11.8 Å². The normalized spacial score (nSPS) is 32.6. The highest BCUT2D eigenvalue weighted by Gasteiger charge is 2.95. The summed E-state index contributed by atoms with van der Waals surface area (Å²) in [5.41, 5.74) is -0.103. The van der Waals surface area contributed by atoms with E-state index in [0.717, 1.165) is 5.56 Å². The predicted molar refractivity (Wildman–Crippen MR) is 134 cm³/mol. The third-order valence-corrected chi connectivity index (χ3v) is 10.7. The summed E-state index contributed by atoms with van der Waals surface area (Å²) in [5, 5.41) is 0. The number of nitrogens with zero attached hydrogens (tertiary/aromatic N) is 1. The highest BCUT2D eigenvalue weighted by molar-refractivity contribution is 8.22. The van der Waals surface area contributed by atoms with Gasteiger partial charge in [0.2, 0.25) is 4.38 Å². The van der Waals surface area contributed by atoms with E-state index in [1.807, 2.05) is 66.9 Å². The van der Waals surface area contributed by atoms with E-state index in [1.165, 1.54) is 11.8 Å². The Morgan fingerprint density at radius 3 is 2.18 bits per heavy atom. The van der Waals surface area contributed by atoms with Crippen molar-refractivity contribution < 1.29 is 22.7 Å². The number of rotatable bonds is 3. The van der Waals surface area contributed by atoms with Gasteiger partial charge in [0.05, 0.1) is 17.0 Å². The molecule has 182 valence electrons. The number of carbonyl (C=O) groups excluding carboxylic acids is 1. The van der Waals surface area contributed by atoms with Crippen LogP contribution >= 0.6 is 24.0 Å². The van der Waals surface area contributed by atoms with Gasteiger partial charge in [-0.25, -0.2) is 13.2 Å². The molecule has 1 aromatic carbocycles. The van der Waals surface area contributed by atoms with Gasteiger partial charge < -0.3 is 9.47 Å². The summed E-state index contributed by atoms with van der Waals surface area (Å²) in [6.07, 6.45) is 0.862. The molecule has 4 bridgehead atoms. The molecule has 4 aliphatic rings. The standard InChI is InChI=1S/C24H33NO5S3/c1-13-9-11-14(12-10-13)33(27,28)24-15-17(29-21(31)32-8)16(18(24)22(2,3)4)25(19(15)24)20(26)30-23(5,6)7/h9-12,15-19H,1-8H3/t15?,16-,17-,18+,19+,24+/m1/s1. The Morgan fingerprint density at radius 2 is 1.70 bits per heavy atom. The lowest BCUT2D eigenvalue weighted by Crippen LogP contribution is -2.46. The molecule has 0 N–H and O–H groups in total. The van der Waals surface area contributed by atoms with Gasteiger partial charge in [0.25, 0.3) is 0 Å². The molecule has 2 aliphatic carbocycles. The summed E-state index contributed by atoms with van der Waals surface area (Å²) >= 11 is 6.66. The van der Waals surface area contributed by atoms with Gasteiger partial charge in [0.1, 0.15) is 16.5 Å². The van der Waals surface area contributed by atoms with Gasteiger partial charge in [-0.2, -0.15) is 0 Å². The summed E-state index contributed by atoms with van der Waals surface area (Å²) in [5.74, 6) is -0.677. The first-order chi connectivity index (χ1) is 15.1. The van der Waals surface area contributed by atoms with Crippen molar-refractivity contribution >= 4 is 44.3 Å². The fourth-order valence-corrected chi connectivity index (χ4v) is 9.43. The van der Waals surface area contributed by atoms with Crippen LogP contribution in [-0.4, -0.2) is 58.6 Å². The second-order valence-corrected chi connectivity index (χ2v) is 15.0. The molecule has 2 saturated heterocycles. The molecule has 0 aromatic heterocycles. The Kier molecular flexibility index (Phi) is 5.70. The fraction of sp³-hybridized carbons (Fsp3) is 0.667. The fourth-order valence-electron chi connectivity index (χ4n) is 6.25.